The molecule has 1 aromatic heterocycles. The van der Waals surface area contributed by atoms with Crippen molar-refractivity contribution < 1.29 is 19.1 Å². The lowest BCUT2D eigenvalue weighted by molar-refractivity contribution is 0.0504. The summed E-state index contributed by atoms with van der Waals surface area (Å²) in [5.74, 6) is 0. The topological polar surface area (TPSA) is 84.0 Å². The van der Waals surface area contributed by atoms with Gasteiger partial charge in [-0.2, -0.15) is 0 Å². The zero-order valence-corrected chi connectivity index (χ0v) is 18.3. The monoisotopic (exact) mass is 426 g/mol. The molecule has 2 aromatic rings. The predicted octanol–water partition coefficient (Wildman–Crippen LogP) is 3.78. The maximum Gasteiger partial charge on any atom is 0.411 e. The number of aromatic nitrogens is 1. The minimum absolute atomic E-state index is 0.185. The number of rotatable bonds is 4. The summed E-state index contributed by atoms with van der Waals surface area (Å²) in [5.41, 5.74) is 1.27. The van der Waals surface area contributed by atoms with Crippen molar-refractivity contribution in [3.8, 4) is 0 Å². The van der Waals surface area contributed by atoms with Gasteiger partial charge in [-0.15, -0.1) is 0 Å². The van der Waals surface area contributed by atoms with Gasteiger partial charge in [-0.05, 0) is 44.9 Å². The van der Waals surface area contributed by atoms with Crippen LogP contribution in [0, 0.1) is 0 Å². The molecule has 8 heteroatoms. The molecule has 0 spiro atoms. The summed E-state index contributed by atoms with van der Waals surface area (Å²) in [6.07, 6.45) is 3.14. The minimum Gasteiger partial charge on any atom is -0.445 e. The van der Waals surface area contributed by atoms with Gasteiger partial charge in [-0.1, -0.05) is 30.3 Å². The van der Waals surface area contributed by atoms with Crippen LogP contribution in [0.25, 0.3) is 0 Å². The third-order valence-corrected chi connectivity index (χ3v) is 4.74. The van der Waals surface area contributed by atoms with E-state index >= 15 is 0 Å². The van der Waals surface area contributed by atoms with Crippen LogP contribution in [0.1, 0.15) is 32.8 Å². The first-order valence-corrected chi connectivity index (χ1v) is 10.4. The first kappa shape index (κ1) is 22.4. The Bertz CT molecular complexity index is 855. The Kier molecular flexibility index (Phi) is 7.33. The van der Waals surface area contributed by atoms with Crippen molar-refractivity contribution in [1.29, 1.82) is 0 Å². The van der Waals surface area contributed by atoms with Crippen LogP contribution in [0.15, 0.2) is 54.9 Å². The van der Waals surface area contributed by atoms with Crippen LogP contribution in [0.4, 0.5) is 15.3 Å². The number of nitrogens with one attached hydrogen (secondary N) is 1. The smallest absolute Gasteiger partial charge is 0.411 e. The molecule has 3 rings (SSSR count). The lowest BCUT2D eigenvalue weighted by Crippen LogP contribution is -2.45. The Labute approximate surface area is 183 Å². The molecule has 0 aliphatic carbocycles. The molecule has 8 nitrogen and oxygen atoms in total. The maximum atomic E-state index is 12.8. The number of ether oxygens (including phenoxy) is 2. The van der Waals surface area contributed by atoms with E-state index < -0.39 is 11.7 Å². The highest BCUT2D eigenvalue weighted by atomic mass is 16.6. The number of benzene rings is 1. The summed E-state index contributed by atoms with van der Waals surface area (Å²) in [4.78, 5) is 32.8. The summed E-state index contributed by atoms with van der Waals surface area (Å²) in [5, 5.41) is 2.94. The highest BCUT2D eigenvalue weighted by Gasteiger charge is 2.28. The molecule has 1 aliphatic rings. The van der Waals surface area contributed by atoms with Gasteiger partial charge in [0.05, 0.1) is 12.7 Å². The second-order valence-corrected chi connectivity index (χ2v) is 8.50. The lowest BCUT2D eigenvalue weighted by Gasteiger charge is -2.29. The van der Waals surface area contributed by atoms with Crippen LogP contribution in [0.5, 0.6) is 0 Å². The van der Waals surface area contributed by atoms with Gasteiger partial charge < -0.3 is 19.7 Å². The Morgan fingerprint density at radius 1 is 1.13 bits per heavy atom. The summed E-state index contributed by atoms with van der Waals surface area (Å²) < 4.78 is 10.9. The number of pyridine rings is 1. The number of hydrogen-bond donors (Lipinski definition) is 1. The van der Waals surface area contributed by atoms with Gasteiger partial charge in [0.1, 0.15) is 12.2 Å². The fourth-order valence-electron chi connectivity index (χ4n) is 3.30. The van der Waals surface area contributed by atoms with Crippen LogP contribution in [-0.2, 0) is 16.1 Å². The fourth-order valence-corrected chi connectivity index (χ4v) is 3.30. The number of carbonyl (C=O) groups excluding carboxylic acids is 2. The Hall–Kier alpha value is -3.29. The molecular formula is C23H30N4O4. The van der Waals surface area contributed by atoms with Crippen molar-refractivity contribution in [1.82, 2.24) is 15.2 Å². The van der Waals surface area contributed by atoms with Crippen LogP contribution in [0.2, 0.25) is 0 Å². The average Bonchev–Trinajstić information content (AvgIpc) is 2.95. The van der Waals surface area contributed by atoms with Crippen molar-refractivity contribution in [2.24, 2.45) is 0 Å². The predicted molar refractivity (Wildman–Crippen MR) is 118 cm³/mol. The zero-order valence-electron chi connectivity index (χ0n) is 18.3. The molecular weight excluding hydrogens is 396 g/mol. The molecule has 2 amide bonds. The fraction of sp³-hybridized carbons (Fsp3) is 0.435. The van der Waals surface area contributed by atoms with E-state index in [0.717, 1.165) is 11.3 Å². The Balaban J connectivity index is 1.68. The second kappa shape index (κ2) is 10.1. The number of anilines is 1. The maximum absolute atomic E-state index is 12.8. The zero-order chi connectivity index (χ0) is 22.3. The number of alkyl carbamates (subject to hydrolysis) is 1. The summed E-state index contributed by atoms with van der Waals surface area (Å²) in [6, 6.07) is 13.1. The normalized spacial score (nSPS) is 16.9. The van der Waals surface area contributed by atoms with Gasteiger partial charge in [-0.25, -0.2) is 9.59 Å². The molecule has 0 saturated carbocycles. The van der Waals surface area contributed by atoms with Crippen LogP contribution < -0.4 is 10.2 Å². The van der Waals surface area contributed by atoms with E-state index in [0.29, 0.717) is 26.2 Å². The molecule has 1 atom stereocenters. The third kappa shape index (κ3) is 7.16. The first-order chi connectivity index (χ1) is 14.8. The van der Waals surface area contributed by atoms with Gasteiger partial charge >= 0.3 is 12.2 Å². The summed E-state index contributed by atoms with van der Waals surface area (Å²) in [6.45, 7) is 7.03. The van der Waals surface area contributed by atoms with E-state index in [4.69, 9.17) is 9.47 Å². The minimum atomic E-state index is -0.577. The van der Waals surface area contributed by atoms with E-state index in [9.17, 15) is 9.59 Å². The van der Waals surface area contributed by atoms with Gasteiger partial charge in [0.2, 0.25) is 0 Å². The standard InChI is InChI=1S/C23H30N4O4/c1-23(2,3)31-21(28)25-19-11-14-26(17-27(15-19)20-9-12-24-13-10-20)22(29)30-16-18-7-5-4-6-8-18/h4-10,12-13,19H,11,14-17H2,1-3H3,(H,25,28). The number of hydrogen-bond acceptors (Lipinski definition) is 6. The van der Waals surface area contributed by atoms with E-state index in [2.05, 4.69) is 10.3 Å². The molecule has 1 N–H and O–H groups in total. The van der Waals surface area contributed by atoms with Crippen LogP contribution in [0.3, 0.4) is 0 Å². The number of carbonyl (C=O) groups is 2. The largest absolute Gasteiger partial charge is 0.445 e. The molecule has 0 radical (unpaired) electrons. The van der Waals surface area contributed by atoms with E-state index in [1.165, 1.54) is 0 Å². The van der Waals surface area contributed by atoms with E-state index in [-0.39, 0.29) is 18.7 Å². The van der Waals surface area contributed by atoms with Crippen molar-refractivity contribution >= 4 is 17.9 Å². The summed E-state index contributed by atoms with van der Waals surface area (Å²) in [7, 11) is 0. The Morgan fingerprint density at radius 2 is 1.84 bits per heavy atom. The molecule has 1 aromatic carbocycles. The highest BCUT2D eigenvalue weighted by molar-refractivity contribution is 5.69. The molecule has 166 valence electrons. The van der Waals surface area contributed by atoms with Gasteiger partial charge in [0, 0.05) is 31.2 Å². The van der Waals surface area contributed by atoms with E-state index in [1.807, 2.05) is 68.1 Å². The van der Waals surface area contributed by atoms with E-state index in [1.54, 1.807) is 17.3 Å². The average molecular weight is 427 g/mol. The van der Waals surface area contributed by atoms with Gasteiger partial charge in [-0.3, -0.25) is 9.88 Å². The summed E-state index contributed by atoms with van der Waals surface area (Å²) >= 11 is 0. The third-order valence-electron chi connectivity index (χ3n) is 4.74. The molecule has 1 unspecified atom stereocenters. The molecule has 0 bridgehead atoms. The van der Waals surface area contributed by atoms with Crippen molar-refractivity contribution in [3.05, 3.63) is 60.4 Å². The molecule has 1 aliphatic heterocycles. The van der Waals surface area contributed by atoms with Crippen LogP contribution >= 0.6 is 0 Å². The van der Waals surface area contributed by atoms with Crippen molar-refractivity contribution in [2.45, 2.75) is 45.4 Å². The van der Waals surface area contributed by atoms with Gasteiger partial charge in [0.25, 0.3) is 0 Å². The SMILES string of the molecule is CC(C)(C)OC(=O)NC1CCN(C(=O)OCc2ccccc2)CN(c2ccncc2)C1. The second-order valence-electron chi connectivity index (χ2n) is 8.50. The quantitative estimate of drug-likeness (QED) is 0.801. The first-order valence-electron chi connectivity index (χ1n) is 10.4. The number of nitrogens with zero attached hydrogens (tertiary/aromatic N) is 3. The molecule has 2 heterocycles. The van der Waals surface area contributed by atoms with Crippen molar-refractivity contribution in [3.63, 3.8) is 0 Å². The van der Waals surface area contributed by atoms with Crippen molar-refractivity contribution in [2.75, 3.05) is 24.7 Å². The van der Waals surface area contributed by atoms with Gasteiger partial charge in [0.15, 0.2) is 0 Å². The molecule has 1 fully saturated rings. The Morgan fingerprint density at radius 3 is 2.52 bits per heavy atom. The molecule has 1 saturated heterocycles. The lowest BCUT2D eigenvalue weighted by atomic mass is 10.2. The number of amides is 2. The van der Waals surface area contributed by atoms with Crippen LogP contribution in [-0.4, -0.2) is 53.5 Å². The highest BCUT2D eigenvalue weighted by Crippen LogP contribution is 2.19. The molecule has 31 heavy (non-hydrogen) atoms.